The summed E-state index contributed by atoms with van der Waals surface area (Å²) in [5, 5.41) is 21.3. The molecule has 1 aliphatic rings. The van der Waals surface area contributed by atoms with Gasteiger partial charge in [0.05, 0.1) is 23.7 Å². The highest BCUT2D eigenvalue weighted by atomic mass is 16.6. The molecule has 27 heavy (non-hydrogen) atoms. The summed E-state index contributed by atoms with van der Waals surface area (Å²) < 4.78 is 7.99. The molecule has 3 atom stereocenters. The third-order valence-corrected chi connectivity index (χ3v) is 4.80. The average Bonchev–Trinajstić information content (AvgIpc) is 3.02. The van der Waals surface area contributed by atoms with Crippen LogP contribution in [0.1, 0.15) is 37.1 Å². The van der Waals surface area contributed by atoms with Crippen LogP contribution in [-0.4, -0.2) is 31.4 Å². The fraction of sp³-hybridized carbons (Fsp3) is 0.444. The van der Waals surface area contributed by atoms with E-state index in [9.17, 15) is 24.8 Å². The van der Waals surface area contributed by atoms with E-state index in [4.69, 9.17) is 4.74 Å². The summed E-state index contributed by atoms with van der Waals surface area (Å²) in [5.41, 5.74) is -0.725. The Morgan fingerprint density at radius 2 is 2.04 bits per heavy atom. The van der Waals surface area contributed by atoms with Gasteiger partial charge in [0.2, 0.25) is 0 Å². The number of para-hydroxylation sites is 1. The van der Waals surface area contributed by atoms with E-state index >= 15 is 0 Å². The molecule has 0 aliphatic carbocycles. The Morgan fingerprint density at radius 3 is 2.67 bits per heavy atom. The summed E-state index contributed by atoms with van der Waals surface area (Å²) in [5.74, 6) is 0. The SMILES string of the molecule is CC[C@H]1O[C@@H](n2cc(C)c(=O)n(Cc3ccccc3[N+](=O)[O-])c2=O)CC1O. The first-order chi connectivity index (χ1) is 12.8. The molecule has 1 N–H and O–H groups in total. The van der Waals surface area contributed by atoms with Crippen molar-refractivity contribution in [2.45, 2.75) is 51.7 Å². The first kappa shape index (κ1) is 19.0. The van der Waals surface area contributed by atoms with Gasteiger partial charge in [0.25, 0.3) is 11.2 Å². The molecule has 0 radical (unpaired) electrons. The Hall–Kier alpha value is -2.78. The Kier molecular flexibility index (Phi) is 5.24. The molecule has 3 rings (SSSR count). The first-order valence-electron chi connectivity index (χ1n) is 8.71. The molecule has 1 unspecified atom stereocenters. The van der Waals surface area contributed by atoms with Crippen molar-refractivity contribution in [3.05, 3.63) is 72.5 Å². The molecular formula is C18H21N3O6. The van der Waals surface area contributed by atoms with E-state index in [1.807, 2.05) is 6.92 Å². The minimum Gasteiger partial charge on any atom is -0.390 e. The van der Waals surface area contributed by atoms with E-state index in [0.717, 1.165) is 4.57 Å². The topological polar surface area (TPSA) is 117 Å². The molecule has 144 valence electrons. The maximum atomic E-state index is 12.9. The molecule has 0 amide bonds. The molecule has 1 fully saturated rings. The number of aliphatic hydroxyl groups is 1. The van der Waals surface area contributed by atoms with Gasteiger partial charge in [-0.05, 0) is 13.3 Å². The molecular weight excluding hydrogens is 354 g/mol. The van der Waals surface area contributed by atoms with Crippen molar-refractivity contribution in [2.24, 2.45) is 0 Å². The summed E-state index contributed by atoms with van der Waals surface area (Å²) in [7, 11) is 0. The predicted molar refractivity (Wildman–Crippen MR) is 96.7 cm³/mol. The Morgan fingerprint density at radius 1 is 1.33 bits per heavy atom. The zero-order chi connectivity index (χ0) is 19.7. The third-order valence-electron chi connectivity index (χ3n) is 4.80. The van der Waals surface area contributed by atoms with Crippen LogP contribution >= 0.6 is 0 Å². The number of benzene rings is 1. The number of ether oxygens (including phenoxy) is 1. The minimum atomic E-state index is -0.692. The highest BCUT2D eigenvalue weighted by molar-refractivity contribution is 5.39. The molecule has 1 saturated heterocycles. The highest BCUT2D eigenvalue weighted by Crippen LogP contribution is 2.29. The van der Waals surface area contributed by atoms with Gasteiger partial charge in [0.15, 0.2) is 0 Å². The average molecular weight is 375 g/mol. The van der Waals surface area contributed by atoms with Crippen LogP contribution in [-0.2, 0) is 11.3 Å². The van der Waals surface area contributed by atoms with Crippen LogP contribution in [0.4, 0.5) is 5.69 Å². The Bertz CT molecular complexity index is 980. The monoisotopic (exact) mass is 375 g/mol. The lowest BCUT2D eigenvalue weighted by atomic mass is 10.1. The number of nitrogens with zero attached hydrogens (tertiary/aromatic N) is 3. The smallest absolute Gasteiger partial charge is 0.333 e. The zero-order valence-corrected chi connectivity index (χ0v) is 15.1. The second-order valence-electron chi connectivity index (χ2n) is 6.62. The summed E-state index contributed by atoms with van der Waals surface area (Å²) >= 11 is 0. The molecule has 2 aromatic rings. The molecule has 9 nitrogen and oxygen atoms in total. The van der Waals surface area contributed by atoms with E-state index in [2.05, 4.69) is 0 Å². The molecule has 1 aromatic heterocycles. The van der Waals surface area contributed by atoms with Crippen molar-refractivity contribution in [2.75, 3.05) is 0 Å². The number of nitro benzene ring substituents is 1. The normalized spacial score (nSPS) is 22.1. The fourth-order valence-corrected chi connectivity index (χ4v) is 3.35. The number of nitro groups is 1. The number of hydrogen-bond acceptors (Lipinski definition) is 6. The van der Waals surface area contributed by atoms with Crippen molar-refractivity contribution in [3.63, 3.8) is 0 Å². The van der Waals surface area contributed by atoms with E-state index in [1.165, 1.54) is 29.0 Å². The van der Waals surface area contributed by atoms with Crippen LogP contribution in [0.5, 0.6) is 0 Å². The van der Waals surface area contributed by atoms with Gasteiger partial charge in [-0.2, -0.15) is 0 Å². The van der Waals surface area contributed by atoms with Crippen LogP contribution in [0, 0.1) is 17.0 Å². The number of hydrogen-bond donors (Lipinski definition) is 1. The lowest BCUT2D eigenvalue weighted by Crippen LogP contribution is -2.42. The van der Waals surface area contributed by atoms with Crippen molar-refractivity contribution in [1.29, 1.82) is 0 Å². The van der Waals surface area contributed by atoms with Crippen molar-refractivity contribution < 1.29 is 14.8 Å². The summed E-state index contributed by atoms with van der Waals surface area (Å²) in [6.07, 6.45) is 0.494. The maximum absolute atomic E-state index is 12.9. The van der Waals surface area contributed by atoms with E-state index in [1.54, 1.807) is 13.0 Å². The van der Waals surface area contributed by atoms with Crippen LogP contribution < -0.4 is 11.2 Å². The van der Waals surface area contributed by atoms with E-state index < -0.39 is 28.5 Å². The maximum Gasteiger partial charge on any atom is 0.333 e. The second-order valence-corrected chi connectivity index (χ2v) is 6.62. The van der Waals surface area contributed by atoms with Gasteiger partial charge in [-0.15, -0.1) is 0 Å². The second kappa shape index (κ2) is 7.45. The Balaban J connectivity index is 2.05. The first-order valence-corrected chi connectivity index (χ1v) is 8.71. The van der Waals surface area contributed by atoms with Gasteiger partial charge in [-0.25, -0.2) is 4.79 Å². The van der Waals surface area contributed by atoms with Crippen molar-refractivity contribution >= 4 is 5.69 Å². The zero-order valence-electron chi connectivity index (χ0n) is 15.1. The fourth-order valence-electron chi connectivity index (χ4n) is 3.35. The summed E-state index contributed by atoms with van der Waals surface area (Å²) in [6, 6.07) is 5.98. The predicted octanol–water partition coefficient (Wildman–Crippen LogP) is 1.33. The van der Waals surface area contributed by atoms with Gasteiger partial charge in [-0.3, -0.25) is 24.0 Å². The van der Waals surface area contributed by atoms with Gasteiger partial charge in [-0.1, -0.05) is 25.1 Å². The molecule has 0 bridgehead atoms. The van der Waals surface area contributed by atoms with Crippen LogP contribution in [0.2, 0.25) is 0 Å². The lowest BCUT2D eigenvalue weighted by molar-refractivity contribution is -0.385. The molecule has 9 heteroatoms. The molecule has 0 saturated carbocycles. The summed E-state index contributed by atoms with van der Waals surface area (Å²) in [4.78, 5) is 36.1. The van der Waals surface area contributed by atoms with E-state index in [0.29, 0.717) is 12.0 Å². The number of aliphatic hydroxyl groups excluding tert-OH is 1. The minimum absolute atomic E-state index is 0.157. The Labute approximate surface area is 154 Å². The number of rotatable bonds is 5. The van der Waals surface area contributed by atoms with Gasteiger partial charge in [0, 0.05) is 29.8 Å². The van der Waals surface area contributed by atoms with E-state index in [-0.39, 0.29) is 30.3 Å². The van der Waals surface area contributed by atoms with Crippen molar-refractivity contribution in [3.8, 4) is 0 Å². The van der Waals surface area contributed by atoms with Crippen LogP contribution in [0.3, 0.4) is 0 Å². The standard InChI is InChI=1S/C18H21N3O6/c1-3-15-14(22)8-16(27-15)19-9-11(2)17(23)20(18(19)24)10-12-6-4-5-7-13(12)21(25)26/h4-7,9,14-16,22H,3,8,10H2,1-2H3/t14?,15-,16-/m1/s1. The molecule has 1 aliphatic heterocycles. The van der Waals surface area contributed by atoms with Crippen LogP contribution in [0.25, 0.3) is 0 Å². The number of aryl methyl sites for hydroxylation is 1. The molecule has 2 heterocycles. The highest BCUT2D eigenvalue weighted by Gasteiger charge is 2.34. The molecule has 0 spiro atoms. The third kappa shape index (κ3) is 3.56. The van der Waals surface area contributed by atoms with Crippen molar-refractivity contribution in [1.82, 2.24) is 9.13 Å². The largest absolute Gasteiger partial charge is 0.390 e. The van der Waals surface area contributed by atoms with Gasteiger partial charge < -0.3 is 9.84 Å². The van der Waals surface area contributed by atoms with Crippen LogP contribution in [0.15, 0.2) is 40.1 Å². The quantitative estimate of drug-likeness (QED) is 0.622. The van der Waals surface area contributed by atoms with Gasteiger partial charge in [0.1, 0.15) is 6.23 Å². The summed E-state index contributed by atoms with van der Waals surface area (Å²) in [6.45, 7) is 3.22. The number of aromatic nitrogens is 2. The molecule has 1 aromatic carbocycles. The van der Waals surface area contributed by atoms with Gasteiger partial charge >= 0.3 is 5.69 Å². The lowest BCUT2D eigenvalue weighted by Gasteiger charge is -2.17.